The van der Waals surface area contributed by atoms with Crippen LogP contribution in [0.4, 0.5) is 0 Å². The molecule has 0 atom stereocenters. The maximum Gasteiger partial charge on any atom is 0.312 e. The molecule has 6 nitrogen and oxygen atoms in total. The summed E-state index contributed by atoms with van der Waals surface area (Å²) in [5.41, 5.74) is 0.689. The second kappa shape index (κ2) is 7.48. The van der Waals surface area contributed by atoms with E-state index in [1.807, 2.05) is 49.1 Å². The first-order valence-electron chi connectivity index (χ1n) is 9.39. The van der Waals surface area contributed by atoms with Gasteiger partial charge in [-0.05, 0) is 32.3 Å². The zero-order valence-corrected chi connectivity index (χ0v) is 15.5. The lowest BCUT2D eigenvalue weighted by Crippen LogP contribution is -2.58. The highest BCUT2D eigenvalue weighted by Gasteiger charge is 2.48. The summed E-state index contributed by atoms with van der Waals surface area (Å²) in [5.74, 6) is -0.916. The van der Waals surface area contributed by atoms with E-state index in [4.69, 9.17) is 0 Å². The van der Waals surface area contributed by atoms with Crippen LogP contribution < -0.4 is 5.32 Å². The fraction of sp³-hybridized carbons (Fsp3) is 0.550. The highest BCUT2D eigenvalue weighted by molar-refractivity contribution is 6.35. The van der Waals surface area contributed by atoms with E-state index in [1.54, 1.807) is 0 Å². The van der Waals surface area contributed by atoms with Crippen LogP contribution in [0.1, 0.15) is 38.7 Å². The summed E-state index contributed by atoms with van der Waals surface area (Å²) in [7, 11) is 0. The summed E-state index contributed by atoms with van der Waals surface area (Å²) in [5, 5.41) is 2.63. The number of piperazine rings is 1. The van der Waals surface area contributed by atoms with Gasteiger partial charge in [-0.2, -0.15) is 0 Å². The molecule has 1 aliphatic heterocycles. The van der Waals surface area contributed by atoms with Crippen molar-refractivity contribution in [3.05, 3.63) is 35.9 Å². The van der Waals surface area contributed by atoms with Gasteiger partial charge in [0.2, 0.25) is 5.91 Å². The van der Waals surface area contributed by atoms with Gasteiger partial charge in [0.05, 0.1) is 5.41 Å². The van der Waals surface area contributed by atoms with Crippen LogP contribution in [0.3, 0.4) is 0 Å². The number of carbonyl (C=O) groups is 3. The normalized spacial score (nSPS) is 19.0. The standard InChI is InChI=1S/C20H27N3O3/c1-15(2)21-17(24)18(25)22-11-13-23(14-12-22)19(26)20(9-6-10-20)16-7-4-3-5-8-16/h3-5,7-8,15H,6,9-14H2,1-2H3,(H,21,24). The Morgan fingerprint density at radius 3 is 2.04 bits per heavy atom. The van der Waals surface area contributed by atoms with Crippen LogP contribution in [-0.2, 0) is 19.8 Å². The van der Waals surface area contributed by atoms with Crippen LogP contribution in [0.25, 0.3) is 0 Å². The van der Waals surface area contributed by atoms with Gasteiger partial charge in [-0.15, -0.1) is 0 Å². The molecule has 0 spiro atoms. The Balaban J connectivity index is 1.62. The van der Waals surface area contributed by atoms with Crippen molar-refractivity contribution in [2.45, 2.75) is 44.6 Å². The molecule has 0 unspecified atom stereocenters. The number of rotatable bonds is 3. The summed E-state index contributed by atoms with van der Waals surface area (Å²) in [4.78, 5) is 40.7. The number of amides is 3. The van der Waals surface area contributed by atoms with Crippen molar-refractivity contribution in [1.29, 1.82) is 0 Å². The van der Waals surface area contributed by atoms with E-state index < -0.39 is 17.2 Å². The van der Waals surface area contributed by atoms with Crippen molar-refractivity contribution in [2.24, 2.45) is 0 Å². The lowest BCUT2D eigenvalue weighted by molar-refractivity contribution is -0.150. The maximum atomic E-state index is 13.2. The number of hydrogen-bond donors (Lipinski definition) is 1. The van der Waals surface area contributed by atoms with Crippen molar-refractivity contribution in [2.75, 3.05) is 26.2 Å². The Labute approximate surface area is 154 Å². The summed E-state index contributed by atoms with van der Waals surface area (Å²) in [6, 6.07) is 9.92. The van der Waals surface area contributed by atoms with E-state index in [0.29, 0.717) is 26.2 Å². The molecule has 6 heteroatoms. The van der Waals surface area contributed by atoms with Crippen LogP contribution in [0.5, 0.6) is 0 Å². The Kier molecular flexibility index (Phi) is 5.30. The van der Waals surface area contributed by atoms with Crippen molar-refractivity contribution >= 4 is 17.7 Å². The molecule has 0 aromatic heterocycles. The van der Waals surface area contributed by atoms with Gasteiger partial charge in [0.15, 0.2) is 0 Å². The monoisotopic (exact) mass is 357 g/mol. The molecule has 1 saturated carbocycles. The Hall–Kier alpha value is -2.37. The predicted molar refractivity (Wildman–Crippen MR) is 98.4 cm³/mol. The van der Waals surface area contributed by atoms with Gasteiger partial charge in [-0.25, -0.2) is 0 Å². The molecule has 1 aromatic rings. The van der Waals surface area contributed by atoms with Gasteiger partial charge >= 0.3 is 11.8 Å². The van der Waals surface area contributed by atoms with Gasteiger partial charge in [0.25, 0.3) is 0 Å². The van der Waals surface area contributed by atoms with Gasteiger partial charge in [-0.1, -0.05) is 36.8 Å². The molecule has 1 saturated heterocycles. The minimum atomic E-state index is -0.570. The third-order valence-corrected chi connectivity index (χ3v) is 5.41. The van der Waals surface area contributed by atoms with Crippen molar-refractivity contribution in [3.63, 3.8) is 0 Å². The van der Waals surface area contributed by atoms with Crippen LogP contribution in [0, 0.1) is 0 Å². The van der Waals surface area contributed by atoms with Crippen LogP contribution in [0.2, 0.25) is 0 Å². The quantitative estimate of drug-likeness (QED) is 0.829. The van der Waals surface area contributed by atoms with E-state index >= 15 is 0 Å². The molecule has 2 fully saturated rings. The molecule has 2 aliphatic rings. The average molecular weight is 357 g/mol. The first-order valence-corrected chi connectivity index (χ1v) is 9.39. The average Bonchev–Trinajstić information content (AvgIpc) is 2.60. The number of benzene rings is 1. The lowest BCUT2D eigenvalue weighted by Gasteiger charge is -2.46. The van der Waals surface area contributed by atoms with Gasteiger partial charge in [0, 0.05) is 32.2 Å². The fourth-order valence-electron chi connectivity index (χ4n) is 3.80. The molecule has 26 heavy (non-hydrogen) atoms. The first kappa shape index (κ1) is 18.4. The van der Waals surface area contributed by atoms with E-state index in [0.717, 1.165) is 24.8 Å². The minimum Gasteiger partial charge on any atom is -0.346 e. The van der Waals surface area contributed by atoms with Crippen LogP contribution in [0.15, 0.2) is 30.3 Å². The summed E-state index contributed by atoms with van der Waals surface area (Å²) in [6.45, 7) is 5.41. The number of hydrogen-bond acceptors (Lipinski definition) is 3. The zero-order chi connectivity index (χ0) is 18.7. The molecule has 1 aromatic carbocycles. The van der Waals surface area contributed by atoms with Crippen molar-refractivity contribution in [1.82, 2.24) is 15.1 Å². The van der Waals surface area contributed by atoms with E-state index in [9.17, 15) is 14.4 Å². The molecule has 1 aliphatic carbocycles. The molecule has 3 rings (SSSR count). The minimum absolute atomic E-state index is 0.0707. The Morgan fingerprint density at radius 1 is 0.962 bits per heavy atom. The number of nitrogens with zero attached hydrogens (tertiary/aromatic N) is 2. The first-order chi connectivity index (χ1) is 12.4. The second-order valence-corrected chi connectivity index (χ2v) is 7.51. The topological polar surface area (TPSA) is 69.7 Å². The second-order valence-electron chi connectivity index (χ2n) is 7.51. The molecule has 1 heterocycles. The summed E-state index contributed by atoms with van der Waals surface area (Å²) in [6.07, 6.45) is 2.83. The number of carbonyl (C=O) groups excluding carboxylic acids is 3. The van der Waals surface area contributed by atoms with Crippen molar-refractivity contribution in [3.8, 4) is 0 Å². The van der Waals surface area contributed by atoms with Crippen molar-refractivity contribution < 1.29 is 14.4 Å². The summed E-state index contributed by atoms with van der Waals surface area (Å²) >= 11 is 0. The third kappa shape index (κ3) is 3.45. The maximum absolute atomic E-state index is 13.2. The predicted octanol–water partition coefficient (Wildman–Crippen LogP) is 1.30. The summed E-state index contributed by atoms with van der Waals surface area (Å²) < 4.78 is 0. The molecule has 3 amide bonds. The van der Waals surface area contributed by atoms with Gasteiger partial charge in [0.1, 0.15) is 0 Å². The highest BCUT2D eigenvalue weighted by Crippen LogP contribution is 2.45. The smallest absolute Gasteiger partial charge is 0.312 e. The largest absolute Gasteiger partial charge is 0.346 e. The lowest BCUT2D eigenvalue weighted by atomic mass is 9.63. The molecular weight excluding hydrogens is 330 g/mol. The molecule has 1 N–H and O–H groups in total. The van der Waals surface area contributed by atoms with E-state index in [1.165, 1.54) is 4.90 Å². The third-order valence-electron chi connectivity index (χ3n) is 5.41. The van der Waals surface area contributed by atoms with E-state index in [-0.39, 0.29) is 11.9 Å². The number of nitrogens with one attached hydrogen (secondary N) is 1. The Bertz CT molecular complexity index is 675. The van der Waals surface area contributed by atoms with Gasteiger partial charge < -0.3 is 15.1 Å². The van der Waals surface area contributed by atoms with Crippen LogP contribution in [-0.4, -0.2) is 59.7 Å². The fourth-order valence-corrected chi connectivity index (χ4v) is 3.80. The van der Waals surface area contributed by atoms with E-state index in [2.05, 4.69) is 5.32 Å². The highest BCUT2D eigenvalue weighted by atomic mass is 16.2. The molecule has 140 valence electrons. The SMILES string of the molecule is CC(C)NC(=O)C(=O)N1CCN(C(=O)C2(c3ccccc3)CCC2)CC1. The zero-order valence-electron chi connectivity index (χ0n) is 15.5. The van der Waals surface area contributed by atoms with Crippen LogP contribution >= 0.6 is 0 Å². The Morgan fingerprint density at radius 2 is 1.54 bits per heavy atom. The molecule has 0 radical (unpaired) electrons. The molecule has 0 bridgehead atoms. The van der Waals surface area contributed by atoms with Gasteiger partial charge in [-0.3, -0.25) is 14.4 Å². The molecular formula is C20H27N3O3.